The molecule has 0 unspecified atom stereocenters. The summed E-state index contributed by atoms with van der Waals surface area (Å²) in [5, 5.41) is 8.94. The predicted molar refractivity (Wildman–Crippen MR) is 69.6 cm³/mol. The summed E-state index contributed by atoms with van der Waals surface area (Å²) in [6.45, 7) is 11.5. The van der Waals surface area contributed by atoms with E-state index in [1.165, 1.54) is 0 Å². The fraction of sp³-hybridized carbons (Fsp3) is 0.786. The highest BCUT2D eigenvalue weighted by atomic mass is 16.6. The highest BCUT2D eigenvalue weighted by Crippen LogP contribution is 2.18. The molecule has 0 spiro atoms. The number of aliphatic hydroxyl groups is 1. The second-order valence-corrected chi connectivity index (χ2v) is 5.81. The lowest BCUT2D eigenvalue weighted by Crippen LogP contribution is -2.27. The van der Waals surface area contributed by atoms with Crippen molar-refractivity contribution in [2.75, 3.05) is 6.61 Å². The lowest BCUT2D eigenvalue weighted by Gasteiger charge is -2.22. The van der Waals surface area contributed by atoms with Gasteiger partial charge in [0.05, 0.1) is 5.92 Å². The van der Waals surface area contributed by atoms with Crippen molar-refractivity contribution in [2.45, 2.75) is 53.6 Å². The zero-order valence-corrected chi connectivity index (χ0v) is 11.9. The smallest absolute Gasteiger partial charge is 0.309 e. The van der Waals surface area contributed by atoms with E-state index in [2.05, 4.69) is 0 Å². The van der Waals surface area contributed by atoms with Crippen LogP contribution in [0.25, 0.3) is 0 Å². The lowest BCUT2D eigenvalue weighted by molar-refractivity contribution is -0.159. The average molecular weight is 242 g/mol. The van der Waals surface area contributed by atoms with E-state index in [4.69, 9.17) is 9.84 Å². The quantitative estimate of drug-likeness (QED) is 0.595. The lowest BCUT2D eigenvalue weighted by atomic mass is 9.99. The molecular formula is C14H26O3. The van der Waals surface area contributed by atoms with E-state index >= 15 is 0 Å². The summed E-state index contributed by atoms with van der Waals surface area (Å²) in [6.07, 6.45) is 2.68. The fourth-order valence-electron chi connectivity index (χ4n) is 1.58. The van der Waals surface area contributed by atoms with Crippen LogP contribution in [0.3, 0.4) is 0 Å². The third kappa shape index (κ3) is 7.97. The van der Waals surface area contributed by atoms with Gasteiger partial charge in [-0.15, -0.1) is 0 Å². The molecule has 2 atom stereocenters. The maximum Gasteiger partial charge on any atom is 0.309 e. The van der Waals surface area contributed by atoms with Crippen molar-refractivity contribution in [3.63, 3.8) is 0 Å². The first-order valence-electron chi connectivity index (χ1n) is 6.16. The molecule has 0 bridgehead atoms. The third-order valence-corrected chi connectivity index (χ3v) is 2.29. The Labute approximate surface area is 105 Å². The number of ether oxygens (including phenoxy) is 1. The molecule has 0 heterocycles. The van der Waals surface area contributed by atoms with E-state index in [0.29, 0.717) is 6.42 Å². The number of hydrogen-bond acceptors (Lipinski definition) is 3. The van der Waals surface area contributed by atoms with Crippen LogP contribution in [-0.2, 0) is 9.53 Å². The highest BCUT2D eigenvalue weighted by molar-refractivity contribution is 5.72. The Hall–Kier alpha value is -0.830. The number of aliphatic hydroxyl groups excluding tert-OH is 1. The van der Waals surface area contributed by atoms with Gasteiger partial charge in [0.25, 0.3) is 0 Å². The fourth-order valence-corrected chi connectivity index (χ4v) is 1.58. The minimum Gasteiger partial charge on any atom is -0.460 e. The van der Waals surface area contributed by atoms with Crippen molar-refractivity contribution in [2.24, 2.45) is 11.8 Å². The van der Waals surface area contributed by atoms with Gasteiger partial charge in [-0.05, 0) is 40.0 Å². The van der Waals surface area contributed by atoms with E-state index in [1.54, 1.807) is 0 Å². The van der Waals surface area contributed by atoms with E-state index in [1.807, 2.05) is 47.6 Å². The molecule has 0 saturated heterocycles. The number of allylic oxidation sites excluding steroid dienone is 1. The normalized spacial score (nSPS) is 16.5. The van der Waals surface area contributed by atoms with Gasteiger partial charge in [0, 0.05) is 6.61 Å². The first-order chi connectivity index (χ1) is 7.65. The highest BCUT2D eigenvalue weighted by Gasteiger charge is 2.21. The molecule has 1 N–H and O–H groups in total. The number of rotatable bonds is 5. The molecule has 0 aliphatic rings. The van der Waals surface area contributed by atoms with Gasteiger partial charge < -0.3 is 9.84 Å². The molecular weight excluding hydrogens is 216 g/mol. The van der Waals surface area contributed by atoms with Crippen molar-refractivity contribution in [3.8, 4) is 0 Å². The minimum absolute atomic E-state index is 0.137. The van der Waals surface area contributed by atoms with E-state index in [-0.39, 0.29) is 24.4 Å². The van der Waals surface area contributed by atoms with E-state index in [0.717, 1.165) is 5.57 Å². The van der Waals surface area contributed by atoms with Crippen LogP contribution in [0.2, 0.25) is 0 Å². The molecule has 0 aromatic rings. The zero-order valence-electron chi connectivity index (χ0n) is 11.9. The van der Waals surface area contributed by atoms with Crippen LogP contribution in [0.15, 0.2) is 11.6 Å². The SMILES string of the molecule is C/C(=C\[C@H](C)CO)C[C@H](C)C(=O)OC(C)(C)C. The van der Waals surface area contributed by atoms with Gasteiger partial charge in [0.1, 0.15) is 5.60 Å². The molecule has 0 rings (SSSR count). The summed E-state index contributed by atoms with van der Waals surface area (Å²) in [6, 6.07) is 0. The average Bonchev–Trinajstić information content (AvgIpc) is 2.14. The standard InChI is InChI=1S/C14H26O3/c1-10(7-11(2)9-15)8-12(3)13(16)17-14(4,5)6/h7,11-12,15H,8-9H2,1-6H3/b10-7+/t11-,12-/m0/s1. The Morgan fingerprint density at radius 1 is 1.35 bits per heavy atom. The van der Waals surface area contributed by atoms with Gasteiger partial charge in [-0.2, -0.15) is 0 Å². The Morgan fingerprint density at radius 3 is 2.29 bits per heavy atom. The van der Waals surface area contributed by atoms with Crippen LogP contribution in [0.5, 0.6) is 0 Å². The molecule has 0 amide bonds. The van der Waals surface area contributed by atoms with Crippen molar-refractivity contribution >= 4 is 5.97 Å². The number of esters is 1. The summed E-state index contributed by atoms with van der Waals surface area (Å²) in [5.74, 6) is -0.167. The minimum atomic E-state index is -0.429. The van der Waals surface area contributed by atoms with Crippen LogP contribution in [0.4, 0.5) is 0 Å². The molecule has 0 fully saturated rings. The second-order valence-electron chi connectivity index (χ2n) is 5.81. The Bertz CT molecular complexity index is 274. The molecule has 0 aliphatic heterocycles. The van der Waals surface area contributed by atoms with Crippen LogP contribution < -0.4 is 0 Å². The first-order valence-corrected chi connectivity index (χ1v) is 6.16. The van der Waals surface area contributed by atoms with Gasteiger partial charge in [-0.25, -0.2) is 0 Å². The van der Waals surface area contributed by atoms with Gasteiger partial charge >= 0.3 is 5.97 Å². The van der Waals surface area contributed by atoms with Crippen LogP contribution in [-0.4, -0.2) is 23.3 Å². The number of carbonyl (C=O) groups excluding carboxylic acids is 1. The molecule has 0 saturated carbocycles. The summed E-state index contributed by atoms with van der Waals surface area (Å²) in [5.41, 5.74) is 0.686. The summed E-state index contributed by atoms with van der Waals surface area (Å²) in [4.78, 5) is 11.8. The first kappa shape index (κ1) is 16.2. The summed E-state index contributed by atoms with van der Waals surface area (Å²) >= 11 is 0. The zero-order chi connectivity index (χ0) is 13.6. The van der Waals surface area contributed by atoms with Crippen molar-refractivity contribution in [1.29, 1.82) is 0 Å². The van der Waals surface area contributed by atoms with Crippen LogP contribution in [0.1, 0.15) is 48.0 Å². The van der Waals surface area contributed by atoms with Gasteiger partial charge in [-0.3, -0.25) is 4.79 Å². The Kier molecular flexibility index (Phi) is 6.46. The Morgan fingerprint density at radius 2 is 1.88 bits per heavy atom. The molecule has 17 heavy (non-hydrogen) atoms. The van der Waals surface area contributed by atoms with Crippen LogP contribution in [0, 0.1) is 11.8 Å². The van der Waals surface area contributed by atoms with E-state index < -0.39 is 5.60 Å². The van der Waals surface area contributed by atoms with Crippen molar-refractivity contribution in [3.05, 3.63) is 11.6 Å². The monoisotopic (exact) mass is 242 g/mol. The molecule has 3 nitrogen and oxygen atoms in total. The van der Waals surface area contributed by atoms with E-state index in [9.17, 15) is 4.79 Å². The molecule has 0 radical (unpaired) electrons. The third-order valence-electron chi connectivity index (χ3n) is 2.29. The van der Waals surface area contributed by atoms with Gasteiger partial charge in [-0.1, -0.05) is 25.5 Å². The van der Waals surface area contributed by atoms with Crippen LogP contribution >= 0.6 is 0 Å². The maximum atomic E-state index is 11.8. The molecule has 0 aliphatic carbocycles. The Balaban J connectivity index is 4.30. The largest absolute Gasteiger partial charge is 0.460 e. The summed E-state index contributed by atoms with van der Waals surface area (Å²) < 4.78 is 5.32. The number of carbonyl (C=O) groups is 1. The van der Waals surface area contributed by atoms with Crippen molar-refractivity contribution in [1.82, 2.24) is 0 Å². The summed E-state index contributed by atoms with van der Waals surface area (Å²) in [7, 11) is 0. The molecule has 3 heteroatoms. The predicted octanol–water partition coefficient (Wildman–Crippen LogP) is 2.93. The second kappa shape index (κ2) is 6.80. The molecule has 0 aromatic heterocycles. The van der Waals surface area contributed by atoms with Gasteiger partial charge in [0.2, 0.25) is 0 Å². The van der Waals surface area contributed by atoms with Crippen molar-refractivity contribution < 1.29 is 14.6 Å². The number of hydrogen-bond donors (Lipinski definition) is 1. The molecule has 100 valence electrons. The maximum absolute atomic E-state index is 11.8. The topological polar surface area (TPSA) is 46.5 Å². The molecule has 0 aromatic carbocycles. The van der Waals surface area contributed by atoms with Gasteiger partial charge in [0.15, 0.2) is 0 Å².